The molecule has 3 rings (SSSR count). The molecule has 2 aromatic rings. The predicted octanol–water partition coefficient (Wildman–Crippen LogP) is 3.04. The molecule has 1 aliphatic carbocycles. The van der Waals surface area contributed by atoms with Crippen LogP contribution in [0, 0.1) is 4.77 Å². The molecule has 0 bridgehead atoms. The number of nitrogens with zero attached hydrogens (tertiary/aromatic N) is 4. The first-order valence-corrected chi connectivity index (χ1v) is 8.88. The number of hydrogen-bond acceptors (Lipinski definition) is 4. The summed E-state index contributed by atoms with van der Waals surface area (Å²) in [4.78, 5) is 19.4. The molecule has 0 unspecified atom stereocenters. The molecule has 1 amide bonds. The monoisotopic (exact) mass is 345 g/mol. The smallest absolute Gasteiger partial charge is 0.243 e. The minimum Gasteiger partial charge on any atom is -0.330 e. The second-order valence-electron chi connectivity index (χ2n) is 6.24. The number of carbonyl (C=O) groups excluding carboxylic acids is 1. The Morgan fingerprint density at radius 3 is 2.92 bits per heavy atom. The van der Waals surface area contributed by atoms with Gasteiger partial charge in [-0.15, -0.1) is 0 Å². The van der Waals surface area contributed by atoms with E-state index in [1.165, 1.54) is 0 Å². The normalized spacial score (nSPS) is 15.2. The number of aromatic amines is 1. The molecule has 1 saturated carbocycles. The van der Waals surface area contributed by atoms with Crippen LogP contribution in [-0.2, 0) is 17.8 Å². The maximum atomic E-state index is 13.0. The average molecular weight is 345 g/mol. The zero-order chi connectivity index (χ0) is 17.1. The minimum absolute atomic E-state index is 0.0399. The first-order valence-electron chi connectivity index (χ1n) is 8.48. The molecule has 0 spiro atoms. The molecule has 1 N–H and O–H groups in total. The second-order valence-corrected chi connectivity index (χ2v) is 6.63. The van der Waals surface area contributed by atoms with Gasteiger partial charge >= 0.3 is 0 Å². The molecular formula is C17H23N5OS. The number of rotatable bonds is 7. The molecule has 7 heteroatoms. The number of carbonyl (C=O) groups is 1. The summed E-state index contributed by atoms with van der Waals surface area (Å²) in [5, 5.41) is 7.05. The lowest BCUT2D eigenvalue weighted by molar-refractivity contribution is -0.134. The molecular weight excluding hydrogens is 322 g/mol. The van der Waals surface area contributed by atoms with Gasteiger partial charge in [0.05, 0.1) is 11.7 Å². The summed E-state index contributed by atoms with van der Waals surface area (Å²) in [7, 11) is 0. The van der Waals surface area contributed by atoms with E-state index in [0.717, 1.165) is 37.2 Å². The van der Waals surface area contributed by atoms with Crippen molar-refractivity contribution < 1.29 is 4.79 Å². The standard InChI is InChI=1S/C17H23N5OS/c1-3-6-15-19-20-17(24)21(15)11-16(23)22(13-8-9-13)12(2)14-7-4-5-10-18-14/h4-5,7,10,12-13H,3,6,8-9,11H2,1-2H3,(H,20,24)/t12-/m0/s1. The van der Waals surface area contributed by atoms with Gasteiger partial charge in [-0.05, 0) is 50.5 Å². The van der Waals surface area contributed by atoms with Gasteiger partial charge in [-0.3, -0.25) is 19.4 Å². The molecule has 0 saturated heterocycles. The van der Waals surface area contributed by atoms with Crippen molar-refractivity contribution in [3.8, 4) is 0 Å². The van der Waals surface area contributed by atoms with Gasteiger partial charge in [-0.1, -0.05) is 13.0 Å². The van der Waals surface area contributed by atoms with Crippen molar-refractivity contribution in [1.29, 1.82) is 0 Å². The Hall–Kier alpha value is -2.02. The van der Waals surface area contributed by atoms with Crippen LogP contribution in [0.1, 0.15) is 50.7 Å². The minimum atomic E-state index is -0.0399. The maximum absolute atomic E-state index is 13.0. The lowest BCUT2D eigenvalue weighted by Gasteiger charge is -2.29. The molecule has 2 heterocycles. The Balaban J connectivity index is 1.81. The van der Waals surface area contributed by atoms with Gasteiger partial charge in [0.15, 0.2) is 4.77 Å². The summed E-state index contributed by atoms with van der Waals surface area (Å²) in [6, 6.07) is 6.09. The molecule has 128 valence electrons. The van der Waals surface area contributed by atoms with Gasteiger partial charge in [0, 0.05) is 18.7 Å². The van der Waals surface area contributed by atoms with Crippen molar-refractivity contribution in [1.82, 2.24) is 24.6 Å². The summed E-state index contributed by atoms with van der Waals surface area (Å²) in [6.07, 6.45) is 5.65. The van der Waals surface area contributed by atoms with Crippen LogP contribution in [0.2, 0.25) is 0 Å². The summed E-state index contributed by atoms with van der Waals surface area (Å²) in [6.45, 7) is 4.36. The van der Waals surface area contributed by atoms with Crippen molar-refractivity contribution in [2.45, 2.75) is 58.2 Å². The Bertz CT molecular complexity index is 750. The van der Waals surface area contributed by atoms with Gasteiger partial charge < -0.3 is 4.90 Å². The molecule has 0 aliphatic heterocycles. The highest BCUT2D eigenvalue weighted by atomic mass is 32.1. The van der Waals surface area contributed by atoms with E-state index in [1.807, 2.05) is 34.6 Å². The largest absolute Gasteiger partial charge is 0.330 e. The lowest BCUT2D eigenvalue weighted by atomic mass is 10.1. The van der Waals surface area contributed by atoms with E-state index in [-0.39, 0.29) is 18.5 Å². The van der Waals surface area contributed by atoms with Gasteiger partial charge in [-0.2, -0.15) is 5.10 Å². The molecule has 24 heavy (non-hydrogen) atoms. The number of aromatic nitrogens is 4. The van der Waals surface area contributed by atoms with Crippen LogP contribution < -0.4 is 0 Å². The Labute approximate surface area is 146 Å². The predicted molar refractivity (Wildman–Crippen MR) is 93.9 cm³/mol. The molecule has 6 nitrogen and oxygen atoms in total. The first kappa shape index (κ1) is 16.8. The van der Waals surface area contributed by atoms with Crippen LogP contribution in [0.5, 0.6) is 0 Å². The van der Waals surface area contributed by atoms with Crippen LogP contribution in [0.15, 0.2) is 24.4 Å². The zero-order valence-electron chi connectivity index (χ0n) is 14.1. The number of aryl methyl sites for hydroxylation is 1. The highest BCUT2D eigenvalue weighted by molar-refractivity contribution is 7.71. The highest BCUT2D eigenvalue weighted by Crippen LogP contribution is 2.34. The number of pyridine rings is 1. The second kappa shape index (κ2) is 7.25. The first-order chi connectivity index (χ1) is 11.6. The van der Waals surface area contributed by atoms with Crippen molar-refractivity contribution in [3.63, 3.8) is 0 Å². The van der Waals surface area contributed by atoms with E-state index < -0.39 is 0 Å². The number of H-pyrrole nitrogens is 1. The van der Waals surface area contributed by atoms with Crippen LogP contribution in [0.3, 0.4) is 0 Å². The quantitative estimate of drug-likeness (QED) is 0.783. The number of amides is 1. The fourth-order valence-electron chi connectivity index (χ4n) is 3.00. The molecule has 0 aromatic carbocycles. The molecule has 1 aliphatic rings. The van der Waals surface area contributed by atoms with E-state index in [4.69, 9.17) is 12.2 Å². The van der Waals surface area contributed by atoms with Gasteiger partial charge in [0.2, 0.25) is 5.91 Å². The topological polar surface area (TPSA) is 66.8 Å². The third-order valence-electron chi connectivity index (χ3n) is 4.37. The van der Waals surface area contributed by atoms with Crippen molar-refractivity contribution in [3.05, 3.63) is 40.7 Å². The number of hydrogen-bond donors (Lipinski definition) is 1. The summed E-state index contributed by atoms with van der Waals surface area (Å²) < 4.78 is 2.33. The highest BCUT2D eigenvalue weighted by Gasteiger charge is 2.36. The van der Waals surface area contributed by atoms with E-state index in [1.54, 1.807) is 6.20 Å². The van der Waals surface area contributed by atoms with Crippen molar-refractivity contribution >= 4 is 18.1 Å². The summed E-state index contributed by atoms with van der Waals surface area (Å²) in [5.41, 5.74) is 0.919. The van der Waals surface area contributed by atoms with Crippen LogP contribution >= 0.6 is 12.2 Å². The van der Waals surface area contributed by atoms with Crippen molar-refractivity contribution in [2.75, 3.05) is 0 Å². The van der Waals surface area contributed by atoms with E-state index >= 15 is 0 Å². The van der Waals surface area contributed by atoms with Gasteiger partial charge in [0.25, 0.3) is 0 Å². The Kier molecular flexibility index (Phi) is 5.08. The van der Waals surface area contributed by atoms with E-state index in [0.29, 0.717) is 10.8 Å². The maximum Gasteiger partial charge on any atom is 0.243 e. The SMILES string of the molecule is CCCc1n[nH]c(=S)n1CC(=O)N(C1CC1)[C@@H](C)c1ccccn1. The number of nitrogens with one attached hydrogen (secondary N) is 1. The van der Waals surface area contributed by atoms with Gasteiger partial charge in [-0.25, -0.2) is 0 Å². The van der Waals surface area contributed by atoms with Gasteiger partial charge in [0.1, 0.15) is 12.4 Å². The van der Waals surface area contributed by atoms with Crippen LogP contribution in [0.25, 0.3) is 0 Å². The van der Waals surface area contributed by atoms with E-state index in [2.05, 4.69) is 22.1 Å². The summed E-state index contributed by atoms with van der Waals surface area (Å²) >= 11 is 5.29. The molecule has 1 atom stereocenters. The Morgan fingerprint density at radius 2 is 2.29 bits per heavy atom. The lowest BCUT2D eigenvalue weighted by Crippen LogP contribution is -2.38. The fourth-order valence-corrected chi connectivity index (χ4v) is 3.21. The molecule has 1 fully saturated rings. The third-order valence-corrected chi connectivity index (χ3v) is 4.68. The zero-order valence-corrected chi connectivity index (χ0v) is 14.9. The van der Waals surface area contributed by atoms with Crippen LogP contribution in [0.4, 0.5) is 0 Å². The molecule has 0 radical (unpaired) electrons. The van der Waals surface area contributed by atoms with E-state index in [9.17, 15) is 4.79 Å². The third kappa shape index (κ3) is 3.56. The molecule has 2 aromatic heterocycles. The van der Waals surface area contributed by atoms with Crippen molar-refractivity contribution in [2.24, 2.45) is 0 Å². The average Bonchev–Trinajstić information content (AvgIpc) is 3.36. The fraction of sp³-hybridized carbons (Fsp3) is 0.529. The van der Waals surface area contributed by atoms with Crippen LogP contribution in [-0.4, -0.2) is 36.6 Å². The summed E-state index contributed by atoms with van der Waals surface area (Å²) in [5.74, 6) is 0.919. The Morgan fingerprint density at radius 1 is 1.50 bits per heavy atom.